The summed E-state index contributed by atoms with van der Waals surface area (Å²) in [5.41, 5.74) is 1.48. The van der Waals surface area contributed by atoms with Crippen molar-refractivity contribution in [3.8, 4) is 5.75 Å². The van der Waals surface area contributed by atoms with Crippen molar-refractivity contribution in [2.75, 3.05) is 18.0 Å². The molecular formula is C20H29NO. The molecule has 4 aliphatic carbocycles. The summed E-state index contributed by atoms with van der Waals surface area (Å²) in [6.07, 6.45) is 8.33. The third kappa shape index (κ3) is 2.51. The van der Waals surface area contributed by atoms with Crippen LogP contribution in [0.1, 0.15) is 52.4 Å². The molecule has 4 saturated carbocycles. The number of ether oxygens (including phenoxy) is 1. The summed E-state index contributed by atoms with van der Waals surface area (Å²) in [5, 5.41) is 0. The molecule has 4 aliphatic rings. The minimum absolute atomic E-state index is 0.172. The van der Waals surface area contributed by atoms with E-state index in [1.807, 2.05) is 0 Å². The average molecular weight is 299 g/mol. The van der Waals surface area contributed by atoms with E-state index in [2.05, 4.69) is 43.0 Å². The van der Waals surface area contributed by atoms with Crippen LogP contribution < -0.4 is 9.64 Å². The molecule has 120 valence electrons. The van der Waals surface area contributed by atoms with Crippen LogP contribution in [-0.2, 0) is 0 Å². The average Bonchev–Trinajstić information content (AvgIpc) is 2.48. The van der Waals surface area contributed by atoms with E-state index in [1.54, 1.807) is 0 Å². The predicted molar refractivity (Wildman–Crippen MR) is 91.5 cm³/mol. The van der Waals surface area contributed by atoms with E-state index in [1.165, 1.54) is 44.2 Å². The van der Waals surface area contributed by atoms with Crippen LogP contribution in [0.3, 0.4) is 0 Å². The maximum absolute atomic E-state index is 6.60. The fourth-order valence-corrected chi connectivity index (χ4v) is 5.72. The highest BCUT2D eigenvalue weighted by Crippen LogP contribution is 2.57. The fourth-order valence-electron chi connectivity index (χ4n) is 5.72. The number of benzene rings is 1. The van der Waals surface area contributed by atoms with Gasteiger partial charge >= 0.3 is 0 Å². The largest absolute Gasteiger partial charge is 0.487 e. The van der Waals surface area contributed by atoms with Gasteiger partial charge < -0.3 is 9.64 Å². The lowest BCUT2D eigenvalue weighted by atomic mass is 9.54. The molecule has 0 aromatic heterocycles. The Morgan fingerprint density at radius 3 is 1.86 bits per heavy atom. The normalized spacial score (nSPS) is 35.6. The zero-order chi connectivity index (χ0) is 15.2. The Bertz CT molecular complexity index is 482. The molecule has 4 fully saturated rings. The molecule has 2 heteroatoms. The highest BCUT2D eigenvalue weighted by atomic mass is 16.5. The molecule has 0 saturated heterocycles. The van der Waals surface area contributed by atoms with Gasteiger partial charge in [-0.2, -0.15) is 0 Å². The Kier molecular flexibility index (Phi) is 3.58. The molecule has 1 aromatic carbocycles. The monoisotopic (exact) mass is 299 g/mol. The van der Waals surface area contributed by atoms with Crippen molar-refractivity contribution in [3.05, 3.63) is 24.3 Å². The molecule has 0 spiro atoms. The van der Waals surface area contributed by atoms with Crippen molar-refractivity contribution in [3.63, 3.8) is 0 Å². The fraction of sp³-hybridized carbons (Fsp3) is 0.700. The number of anilines is 1. The van der Waals surface area contributed by atoms with Crippen LogP contribution >= 0.6 is 0 Å². The highest BCUT2D eigenvalue weighted by Gasteiger charge is 2.52. The van der Waals surface area contributed by atoms with Gasteiger partial charge in [-0.3, -0.25) is 0 Å². The number of nitrogens with zero attached hydrogens (tertiary/aromatic N) is 1. The van der Waals surface area contributed by atoms with E-state index in [-0.39, 0.29) is 5.60 Å². The van der Waals surface area contributed by atoms with Crippen molar-refractivity contribution in [2.45, 2.75) is 58.0 Å². The number of hydrogen-bond donors (Lipinski definition) is 0. The molecule has 0 atom stereocenters. The third-order valence-corrected chi connectivity index (χ3v) is 6.28. The second-order valence-corrected chi connectivity index (χ2v) is 7.87. The Hall–Kier alpha value is -1.18. The Labute approximate surface area is 134 Å². The Balaban J connectivity index is 1.49. The molecule has 4 bridgehead atoms. The van der Waals surface area contributed by atoms with Gasteiger partial charge in [0.1, 0.15) is 11.4 Å². The first-order valence-electron chi connectivity index (χ1n) is 9.23. The lowest BCUT2D eigenvalue weighted by Crippen LogP contribution is -2.53. The molecule has 0 aliphatic heterocycles. The van der Waals surface area contributed by atoms with Crippen LogP contribution in [0.2, 0.25) is 0 Å². The van der Waals surface area contributed by atoms with E-state index in [0.29, 0.717) is 0 Å². The second kappa shape index (κ2) is 5.47. The summed E-state index contributed by atoms with van der Waals surface area (Å²) >= 11 is 0. The first kappa shape index (κ1) is 14.4. The van der Waals surface area contributed by atoms with Gasteiger partial charge in [0.05, 0.1) is 0 Å². The molecule has 22 heavy (non-hydrogen) atoms. The predicted octanol–water partition coefficient (Wildman–Crippen LogP) is 4.88. The molecule has 2 nitrogen and oxygen atoms in total. The number of rotatable bonds is 5. The first-order valence-corrected chi connectivity index (χ1v) is 9.23. The highest BCUT2D eigenvalue weighted by molar-refractivity contribution is 5.49. The molecule has 0 heterocycles. The summed E-state index contributed by atoms with van der Waals surface area (Å²) < 4.78 is 6.60. The van der Waals surface area contributed by atoms with Gasteiger partial charge in [-0.15, -0.1) is 0 Å². The molecule has 0 radical (unpaired) electrons. The van der Waals surface area contributed by atoms with Gasteiger partial charge in [0, 0.05) is 18.8 Å². The van der Waals surface area contributed by atoms with Crippen molar-refractivity contribution in [1.29, 1.82) is 0 Å². The van der Waals surface area contributed by atoms with Gasteiger partial charge in [-0.25, -0.2) is 0 Å². The summed E-state index contributed by atoms with van der Waals surface area (Å²) in [6.45, 7) is 6.55. The Morgan fingerprint density at radius 2 is 1.41 bits per heavy atom. The van der Waals surface area contributed by atoms with Crippen LogP contribution in [-0.4, -0.2) is 18.7 Å². The van der Waals surface area contributed by atoms with E-state index < -0.39 is 0 Å². The Morgan fingerprint density at radius 1 is 0.909 bits per heavy atom. The van der Waals surface area contributed by atoms with Crippen LogP contribution in [0.15, 0.2) is 24.3 Å². The van der Waals surface area contributed by atoms with Crippen LogP contribution in [0.4, 0.5) is 5.69 Å². The standard InChI is InChI=1S/C20H29NO/c1-3-21(4-2)18-5-7-19(8-6-18)22-20-12-15-9-16(13-20)11-17(10-15)14-20/h5-8,15-17H,3-4,9-14H2,1-2H3. The van der Waals surface area contributed by atoms with Crippen molar-refractivity contribution in [2.24, 2.45) is 17.8 Å². The molecule has 1 aromatic rings. The minimum atomic E-state index is 0.172. The van der Waals surface area contributed by atoms with Gasteiger partial charge in [-0.05, 0) is 94.4 Å². The minimum Gasteiger partial charge on any atom is -0.487 e. The summed E-state index contributed by atoms with van der Waals surface area (Å²) in [5.74, 6) is 3.92. The summed E-state index contributed by atoms with van der Waals surface area (Å²) in [4.78, 5) is 2.38. The maximum atomic E-state index is 6.60. The van der Waals surface area contributed by atoms with Gasteiger partial charge in [0.2, 0.25) is 0 Å². The van der Waals surface area contributed by atoms with Crippen LogP contribution in [0.5, 0.6) is 5.75 Å². The third-order valence-electron chi connectivity index (χ3n) is 6.28. The summed E-state index contributed by atoms with van der Waals surface area (Å²) in [7, 11) is 0. The maximum Gasteiger partial charge on any atom is 0.120 e. The summed E-state index contributed by atoms with van der Waals surface area (Å²) in [6, 6.07) is 8.82. The van der Waals surface area contributed by atoms with Crippen LogP contribution in [0, 0.1) is 17.8 Å². The topological polar surface area (TPSA) is 12.5 Å². The van der Waals surface area contributed by atoms with Crippen molar-refractivity contribution >= 4 is 5.69 Å². The van der Waals surface area contributed by atoms with Gasteiger partial charge in [0.25, 0.3) is 0 Å². The van der Waals surface area contributed by atoms with Crippen LogP contribution in [0.25, 0.3) is 0 Å². The van der Waals surface area contributed by atoms with Crippen molar-refractivity contribution in [1.82, 2.24) is 0 Å². The van der Waals surface area contributed by atoms with Crippen molar-refractivity contribution < 1.29 is 4.74 Å². The lowest BCUT2D eigenvalue weighted by Gasteiger charge is -2.56. The first-order chi connectivity index (χ1) is 10.7. The lowest BCUT2D eigenvalue weighted by molar-refractivity contribution is -0.107. The molecule has 0 amide bonds. The van der Waals surface area contributed by atoms with Gasteiger partial charge in [-0.1, -0.05) is 0 Å². The molecular weight excluding hydrogens is 270 g/mol. The SMILES string of the molecule is CCN(CC)c1ccc(OC23CC4CC(CC(C4)C2)C3)cc1. The van der Waals surface area contributed by atoms with E-state index in [0.717, 1.165) is 36.6 Å². The molecule has 0 N–H and O–H groups in total. The zero-order valence-electron chi connectivity index (χ0n) is 14.1. The van der Waals surface area contributed by atoms with E-state index in [4.69, 9.17) is 4.74 Å². The number of hydrogen-bond acceptors (Lipinski definition) is 2. The van der Waals surface area contributed by atoms with Gasteiger partial charge in [0.15, 0.2) is 0 Å². The quantitative estimate of drug-likeness (QED) is 0.768. The smallest absolute Gasteiger partial charge is 0.120 e. The zero-order valence-corrected chi connectivity index (χ0v) is 14.1. The van der Waals surface area contributed by atoms with E-state index in [9.17, 15) is 0 Å². The molecule has 0 unspecified atom stereocenters. The second-order valence-electron chi connectivity index (χ2n) is 7.87. The van der Waals surface area contributed by atoms with E-state index >= 15 is 0 Å². The molecule has 5 rings (SSSR count).